The molecule has 0 aliphatic heterocycles. The average Bonchev–Trinajstić information content (AvgIpc) is 3.26. The first-order valence-electron chi connectivity index (χ1n) is 7.02. The summed E-state index contributed by atoms with van der Waals surface area (Å²) < 4.78 is 14.3. The van der Waals surface area contributed by atoms with Crippen LogP contribution in [0.2, 0.25) is 0 Å². The molecule has 1 aliphatic carbocycles. The maximum absolute atomic E-state index is 13.8. The van der Waals surface area contributed by atoms with Gasteiger partial charge in [0.1, 0.15) is 16.3 Å². The predicted molar refractivity (Wildman–Crippen MR) is 97.6 cm³/mol. The fourth-order valence-corrected chi connectivity index (χ4v) is 3.52. The molecule has 128 valence electrons. The van der Waals surface area contributed by atoms with Crippen LogP contribution in [0, 0.1) is 11.7 Å². The number of nitrogens with zero attached hydrogens (tertiary/aromatic N) is 2. The Labute approximate surface area is 153 Å². The predicted octanol–water partition coefficient (Wildman–Crippen LogP) is 3.44. The molecule has 0 saturated heterocycles. The minimum Gasteiger partial charge on any atom is -0.321 e. The van der Waals surface area contributed by atoms with Gasteiger partial charge in [0.25, 0.3) is 5.56 Å². The monoisotopic (exact) mass is 388 g/mol. The van der Waals surface area contributed by atoms with Gasteiger partial charge in [-0.3, -0.25) is 9.78 Å². The molecule has 1 fully saturated rings. The number of rotatable bonds is 3. The summed E-state index contributed by atoms with van der Waals surface area (Å²) in [6.07, 6.45) is 4.82. The minimum absolute atomic E-state index is 0. The van der Waals surface area contributed by atoms with Crippen molar-refractivity contribution in [3.05, 3.63) is 46.5 Å². The van der Waals surface area contributed by atoms with Crippen LogP contribution in [0.15, 0.2) is 29.3 Å². The molecular weight excluding hydrogens is 374 g/mol. The van der Waals surface area contributed by atoms with Crippen molar-refractivity contribution in [3.8, 4) is 10.4 Å². The quantitative estimate of drug-likeness (QED) is 0.719. The number of halogens is 3. The van der Waals surface area contributed by atoms with Crippen LogP contribution in [0.4, 0.5) is 4.39 Å². The van der Waals surface area contributed by atoms with E-state index in [0.29, 0.717) is 32.4 Å². The van der Waals surface area contributed by atoms with E-state index in [9.17, 15) is 9.18 Å². The SMILES string of the molecule is Cl.Cl.N[C@H](c1nc2cc(-c3ccncc3F)sc2c(=O)[nH]1)C1CC1. The third-order valence-corrected chi connectivity index (χ3v) is 5.04. The smallest absolute Gasteiger partial charge is 0.268 e. The summed E-state index contributed by atoms with van der Waals surface area (Å²) in [5.74, 6) is 0.497. The molecule has 3 N–H and O–H groups in total. The molecular formula is C15H15Cl2FN4OS. The van der Waals surface area contributed by atoms with Gasteiger partial charge >= 0.3 is 0 Å². The Bertz CT molecular complexity index is 925. The fourth-order valence-electron chi connectivity index (χ4n) is 2.50. The highest BCUT2D eigenvalue weighted by atomic mass is 35.5. The Morgan fingerprint density at radius 2 is 2.12 bits per heavy atom. The topological polar surface area (TPSA) is 84.7 Å². The first kappa shape index (κ1) is 18.8. The molecule has 1 aliphatic rings. The zero-order chi connectivity index (χ0) is 15.3. The lowest BCUT2D eigenvalue weighted by molar-refractivity contribution is 0.594. The summed E-state index contributed by atoms with van der Waals surface area (Å²) in [7, 11) is 0. The van der Waals surface area contributed by atoms with Gasteiger partial charge in [0.05, 0.1) is 17.8 Å². The first-order chi connectivity index (χ1) is 10.6. The normalized spacial score (nSPS) is 14.8. The third-order valence-electron chi connectivity index (χ3n) is 3.88. The van der Waals surface area contributed by atoms with E-state index < -0.39 is 5.82 Å². The van der Waals surface area contributed by atoms with Gasteiger partial charge in [-0.1, -0.05) is 0 Å². The van der Waals surface area contributed by atoms with Crippen molar-refractivity contribution >= 4 is 46.4 Å². The maximum atomic E-state index is 13.8. The highest BCUT2D eigenvalue weighted by Gasteiger charge is 2.31. The summed E-state index contributed by atoms with van der Waals surface area (Å²) in [5.41, 5.74) is 6.87. The van der Waals surface area contributed by atoms with Crippen LogP contribution < -0.4 is 11.3 Å². The van der Waals surface area contributed by atoms with E-state index in [1.807, 2.05) is 0 Å². The highest BCUT2D eigenvalue weighted by Crippen LogP contribution is 2.39. The summed E-state index contributed by atoms with van der Waals surface area (Å²) in [6, 6.07) is 3.08. The number of aromatic amines is 1. The van der Waals surface area contributed by atoms with Crippen molar-refractivity contribution in [1.82, 2.24) is 15.0 Å². The number of nitrogens with one attached hydrogen (secondary N) is 1. The molecule has 4 rings (SSSR count). The third kappa shape index (κ3) is 3.30. The van der Waals surface area contributed by atoms with Crippen LogP contribution in [0.1, 0.15) is 24.7 Å². The fraction of sp³-hybridized carbons (Fsp3) is 0.267. The van der Waals surface area contributed by atoms with Crippen LogP contribution in [0.25, 0.3) is 20.7 Å². The number of H-pyrrole nitrogens is 1. The second-order valence-corrected chi connectivity index (χ2v) is 6.55. The van der Waals surface area contributed by atoms with Crippen molar-refractivity contribution in [2.24, 2.45) is 11.7 Å². The Morgan fingerprint density at radius 1 is 1.38 bits per heavy atom. The van der Waals surface area contributed by atoms with Crippen molar-refractivity contribution in [2.45, 2.75) is 18.9 Å². The van der Waals surface area contributed by atoms with E-state index in [-0.39, 0.29) is 36.4 Å². The van der Waals surface area contributed by atoms with Gasteiger partial charge in [-0.15, -0.1) is 36.2 Å². The molecule has 1 saturated carbocycles. The number of fused-ring (bicyclic) bond motifs is 1. The molecule has 0 spiro atoms. The van der Waals surface area contributed by atoms with Gasteiger partial charge in [-0.05, 0) is 30.9 Å². The van der Waals surface area contributed by atoms with Crippen LogP contribution >= 0.6 is 36.2 Å². The van der Waals surface area contributed by atoms with E-state index in [1.165, 1.54) is 17.5 Å². The van der Waals surface area contributed by atoms with E-state index >= 15 is 0 Å². The Morgan fingerprint density at radius 3 is 2.79 bits per heavy atom. The number of thiophene rings is 1. The second-order valence-electron chi connectivity index (χ2n) is 5.49. The Hall–Kier alpha value is -1.54. The number of hydrogen-bond donors (Lipinski definition) is 2. The van der Waals surface area contributed by atoms with Crippen LogP contribution in [0.5, 0.6) is 0 Å². The zero-order valence-electron chi connectivity index (χ0n) is 12.4. The van der Waals surface area contributed by atoms with Gasteiger partial charge < -0.3 is 10.7 Å². The van der Waals surface area contributed by atoms with Crippen molar-refractivity contribution in [1.29, 1.82) is 0 Å². The first-order valence-corrected chi connectivity index (χ1v) is 7.84. The molecule has 0 aromatic carbocycles. The van der Waals surface area contributed by atoms with Crippen LogP contribution in [-0.2, 0) is 0 Å². The highest BCUT2D eigenvalue weighted by molar-refractivity contribution is 7.22. The summed E-state index contributed by atoms with van der Waals surface area (Å²) in [4.78, 5) is 23.9. The number of nitrogens with two attached hydrogens (primary N) is 1. The number of pyridine rings is 1. The molecule has 24 heavy (non-hydrogen) atoms. The van der Waals surface area contributed by atoms with Crippen molar-refractivity contribution < 1.29 is 4.39 Å². The van der Waals surface area contributed by atoms with Gasteiger partial charge in [-0.25, -0.2) is 9.37 Å². The lowest BCUT2D eigenvalue weighted by Gasteiger charge is -2.08. The molecule has 5 nitrogen and oxygen atoms in total. The van der Waals surface area contributed by atoms with E-state index in [4.69, 9.17) is 5.73 Å². The summed E-state index contributed by atoms with van der Waals surface area (Å²) >= 11 is 1.22. The zero-order valence-corrected chi connectivity index (χ0v) is 14.8. The standard InChI is InChI=1S/C15H13FN4OS.2ClH/c16-9-6-18-4-3-8(9)11-5-10-13(22-11)15(21)20-14(19-10)12(17)7-1-2-7;;/h3-7,12H,1-2,17H2,(H,19,20,21);2*1H/t12-;;/m0../s1. The van der Waals surface area contributed by atoms with Gasteiger partial charge in [-0.2, -0.15) is 0 Å². The van der Waals surface area contributed by atoms with E-state index in [0.717, 1.165) is 19.0 Å². The molecule has 3 aromatic rings. The van der Waals surface area contributed by atoms with Gasteiger partial charge in [0, 0.05) is 16.6 Å². The average molecular weight is 389 g/mol. The Balaban J connectivity index is 0.00000104. The van der Waals surface area contributed by atoms with E-state index in [1.54, 1.807) is 12.1 Å². The lowest BCUT2D eigenvalue weighted by Crippen LogP contribution is -2.20. The minimum atomic E-state index is -0.416. The number of hydrogen-bond acceptors (Lipinski definition) is 5. The van der Waals surface area contributed by atoms with Crippen molar-refractivity contribution in [2.75, 3.05) is 0 Å². The lowest BCUT2D eigenvalue weighted by atomic mass is 10.2. The van der Waals surface area contributed by atoms with Crippen LogP contribution in [-0.4, -0.2) is 15.0 Å². The molecule has 9 heteroatoms. The van der Waals surface area contributed by atoms with Gasteiger partial charge in [0.15, 0.2) is 0 Å². The summed E-state index contributed by atoms with van der Waals surface area (Å²) in [6.45, 7) is 0. The molecule has 0 amide bonds. The molecule has 0 bridgehead atoms. The molecule has 3 aromatic heterocycles. The summed E-state index contributed by atoms with van der Waals surface area (Å²) in [5, 5.41) is 0. The molecule has 1 atom stereocenters. The molecule has 3 heterocycles. The second kappa shape index (κ2) is 7.14. The van der Waals surface area contributed by atoms with Gasteiger partial charge in [0.2, 0.25) is 0 Å². The maximum Gasteiger partial charge on any atom is 0.268 e. The molecule has 0 unspecified atom stereocenters. The largest absolute Gasteiger partial charge is 0.321 e. The molecule has 0 radical (unpaired) electrons. The number of aromatic nitrogens is 3. The van der Waals surface area contributed by atoms with Crippen LogP contribution in [0.3, 0.4) is 0 Å². The van der Waals surface area contributed by atoms with Crippen molar-refractivity contribution in [3.63, 3.8) is 0 Å². The Kier molecular flexibility index (Phi) is 5.59. The van der Waals surface area contributed by atoms with E-state index in [2.05, 4.69) is 15.0 Å².